The summed E-state index contributed by atoms with van der Waals surface area (Å²) in [4.78, 5) is 0. The van der Waals surface area contributed by atoms with Crippen LogP contribution in [0, 0.1) is 12.8 Å². The number of unbranched alkanes of at least 4 members (excludes halogenated alkanes) is 2. The van der Waals surface area contributed by atoms with Crippen LogP contribution >= 0.6 is 0 Å². The highest BCUT2D eigenvalue weighted by atomic mass is 16.3. The van der Waals surface area contributed by atoms with Gasteiger partial charge in [-0.1, -0.05) is 43.6 Å². The van der Waals surface area contributed by atoms with Crippen LogP contribution in [0.5, 0.6) is 11.5 Å². The molecule has 4 N–H and O–H groups in total. The van der Waals surface area contributed by atoms with Gasteiger partial charge in [0.05, 0.1) is 13.1 Å². The number of piperidine rings is 1. The van der Waals surface area contributed by atoms with E-state index in [0.717, 1.165) is 42.4 Å². The number of phenolic OH excluding ortho intramolecular Hbond substituents is 2. The molecule has 1 fully saturated rings. The van der Waals surface area contributed by atoms with Gasteiger partial charge in [-0.25, -0.2) is 0 Å². The molecule has 0 bridgehead atoms. The van der Waals surface area contributed by atoms with Gasteiger partial charge < -0.3 is 15.5 Å². The van der Waals surface area contributed by atoms with Crippen LogP contribution in [0.1, 0.15) is 94.7 Å². The van der Waals surface area contributed by atoms with Crippen molar-refractivity contribution in [3.8, 4) is 11.5 Å². The molecule has 1 aliphatic carbocycles. The average Bonchev–Trinajstić information content (AvgIpc) is 2.73. The summed E-state index contributed by atoms with van der Waals surface area (Å²) in [6.45, 7) is 15.2. The Morgan fingerprint density at radius 3 is 2.37 bits per heavy atom. The van der Waals surface area contributed by atoms with E-state index >= 15 is 0 Å². The summed E-state index contributed by atoms with van der Waals surface area (Å²) < 4.78 is 0. The molecule has 0 amide bonds. The number of hydrogen-bond donors (Lipinski definition) is 3. The zero-order chi connectivity index (χ0) is 22.1. The standard InChI is InChI=1S/C22H32O2.C5H11N/c1-6-7-8-9-17-13-20(23)21(22(24)16(17)5)19-12-15(4)10-11-18(19)14(2)3;1-2-4-6-5-3-1/h12-13,18-19,23-24H,2,6-11H2,1,3-5H3;6H,1-5H2/p+1/t18-,19+;/m0./s1. The van der Waals surface area contributed by atoms with E-state index in [1.165, 1.54) is 50.8 Å². The monoisotopic (exact) mass is 414 g/mol. The van der Waals surface area contributed by atoms with Crippen molar-refractivity contribution < 1.29 is 15.5 Å². The van der Waals surface area contributed by atoms with Gasteiger partial charge >= 0.3 is 0 Å². The van der Waals surface area contributed by atoms with Crippen molar-refractivity contribution in [1.82, 2.24) is 0 Å². The molecule has 0 spiro atoms. The molecule has 0 radical (unpaired) electrons. The highest BCUT2D eigenvalue weighted by Crippen LogP contribution is 2.47. The van der Waals surface area contributed by atoms with Gasteiger partial charge in [-0.3, -0.25) is 0 Å². The summed E-state index contributed by atoms with van der Waals surface area (Å²) in [6, 6.07) is 1.87. The third kappa shape index (κ3) is 6.63. The van der Waals surface area contributed by atoms with Crippen molar-refractivity contribution >= 4 is 0 Å². The topological polar surface area (TPSA) is 57.1 Å². The maximum absolute atomic E-state index is 10.8. The molecule has 3 rings (SSSR count). The quantitative estimate of drug-likeness (QED) is 0.401. The lowest BCUT2D eigenvalue weighted by molar-refractivity contribution is -0.662. The summed E-state index contributed by atoms with van der Waals surface area (Å²) >= 11 is 0. The summed E-state index contributed by atoms with van der Waals surface area (Å²) in [7, 11) is 0. The second kappa shape index (κ2) is 12.2. The van der Waals surface area contributed by atoms with Crippen LogP contribution in [-0.4, -0.2) is 23.3 Å². The number of aromatic hydroxyl groups is 2. The Hall–Kier alpha value is -1.74. The largest absolute Gasteiger partial charge is 0.507 e. The first-order chi connectivity index (χ1) is 14.4. The van der Waals surface area contributed by atoms with Gasteiger partial charge in [0.25, 0.3) is 0 Å². The van der Waals surface area contributed by atoms with E-state index < -0.39 is 0 Å². The molecule has 0 unspecified atom stereocenters. The number of aryl methyl sites for hydroxylation is 1. The van der Waals surface area contributed by atoms with Crippen molar-refractivity contribution in [3.63, 3.8) is 0 Å². The Bertz CT molecular complexity index is 719. The van der Waals surface area contributed by atoms with Crippen molar-refractivity contribution in [1.29, 1.82) is 0 Å². The van der Waals surface area contributed by atoms with Crippen LogP contribution in [0.3, 0.4) is 0 Å². The molecule has 1 heterocycles. The Labute approximate surface area is 184 Å². The Morgan fingerprint density at radius 1 is 1.13 bits per heavy atom. The van der Waals surface area contributed by atoms with Crippen LogP contribution < -0.4 is 5.32 Å². The molecular weight excluding hydrogens is 370 g/mol. The van der Waals surface area contributed by atoms with E-state index in [1.54, 1.807) is 0 Å². The third-order valence-electron chi connectivity index (χ3n) is 6.76. The molecule has 0 saturated carbocycles. The number of benzene rings is 1. The second-order valence-corrected chi connectivity index (χ2v) is 9.36. The van der Waals surface area contributed by atoms with Gasteiger partial charge in [0.15, 0.2) is 0 Å². The lowest BCUT2D eigenvalue weighted by atomic mass is 9.73. The lowest BCUT2D eigenvalue weighted by Gasteiger charge is -2.32. The van der Waals surface area contributed by atoms with Gasteiger partial charge in [-0.15, -0.1) is 0 Å². The van der Waals surface area contributed by atoms with Crippen LogP contribution in [0.4, 0.5) is 0 Å². The first-order valence-corrected chi connectivity index (χ1v) is 12.0. The molecule has 3 nitrogen and oxygen atoms in total. The molecule has 0 aromatic heterocycles. The SMILES string of the molecule is C1CC[NH2+]CC1.C=C(C)[C@@H]1CCC(C)=C[C@H]1c1c(O)cc(CCCCC)c(C)c1O. The molecule has 1 aromatic carbocycles. The van der Waals surface area contributed by atoms with E-state index in [2.05, 4.69) is 31.8 Å². The molecule has 168 valence electrons. The Morgan fingerprint density at radius 2 is 1.83 bits per heavy atom. The average molecular weight is 415 g/mol. The van der Waals surface area contributed by atoms with Crippen molar-refractivity contribution in [3.05, 3.63) is 46.6 Å². The highest BCUT2D eigenvalue weighted by Gasteiger charge is 2.31. The summed E-state index contributed by atoms with van der Waals surface area (Å²) in [5.74, 6) is 0.783. The highest BCUT2D eigenvalue weighted by molar-refractivity contribution is 5.56. The smallest absolute Gasteiger partial charge is 0.126 e. The predicted molar refractivity (Wildman–Crippen MR) is 127 cm³/mol. The summed E-state index contributed by atoms with van der Waals surface area (Å²) in [5.41, 5.74) is 5.09. The van der Waals surface area contributed by atoms with E-state index in [0.29, 0.717) is 5.56 Å². The van der Waals surface area contributed by atoms with Crippen LogP contribution in [0.15, 0.2) is 29.9 Å². The van der Waals surface area contributed by atoms with E-state index in [1.807, 2.05) is 19.9 Å². The fourth-order valence-electron chi connectivity index (χ4n) is 4.78. The Balaban J connectivity index is 0.000000456. The number of nitrogens with two attached hydrogens (primary N) is 1. The first kappa shape index (κ1) is 24.5. The minimum atomic E-state index is 0.0136. The van der Waals surface area contributed by atoms with E-state index in [9.17, 15) is 10.2 Å². The molecule has 1 aliphatic heterocycles. The number of rotatable bonds is 6. The van der Waals surface area contributed by atoms with Gasteiger partial charge in [0.2, 0.25) is 0 Å². The van der Waals surface area contributed by atoms with E-state index in [-0.39, 0.29) is 23.3 Å². The molecule has 1 aromatic rings. The van der Waals surface area contributed by atoms with Gasteiger partial charge in [0, 0.05) is 11.5 Å². The molecular formula is C27H44NO2+. The van der Waals surface area contributed by atoms with Crippen LogP contribution in [0.2, 0.25) is 0 Å². The van der Waals surface area contributed by atoms with Crippen LogP contribution in [0.25, 0.3) is 0 Å². The molecule has 1 saturated heterocycles. The minimum Gasteiger partial charge on any atom is -0.507 e. The fraction of sp³-hybridized carbons (Fsp3) is 0.630. The van der Waals surface area contributed by atoms with Crippen molar-refractivity contribution in [2.45, 2.75) is 91.4 Å². The second-order valence-electron chi connectivity index (χ2n) is 9.36. The van der Waals surface area contributed by atoms with Gasteiger partial charge in [-0.2, -0.15) is 0 Å². The Kier molecular flexibility index (Phi) is 9.97. The zero-order valence-electron chi connectivity index (χ0n) is 19.8. The van der Waals surface area contributed by atoms with Crippen molar-refractivity contribution in [2.24, 2.45) is 5.92 Å². The fourth-order valence-corrected chi connectivity index (χ4v) is 4.78. The molecule has 2 atom stereocenters. The number of allylic oxidation sites excluding steroid dienone is 3. The van der Waals surface area contributed by atoms with Crippen molar-refractivity contribution in [2.75, 3.05) is 13.1 Å². The van der Waals surface area contributed by atoms with Crippen LogP contribution in [-0.2, 0) is 6.42 Å². The zero-order valence-corrected chi connectivity index (χ0v) is 19.8. The number of phenols is 2. The van der Waals surface area contributed by atoms with E-state index in [4.69, 9.17) is 0 Å². The third-order valence-corrected chi connectivity index (χ3v) is 6.76. The number of quaternary nitrogens is 1. The molecule has 30 heavy (non-hydrogen) atoms. The first-order valence-electron chi connectivity index (χ1n) is 12.0. The van der Waals surface area contributed by atoms with Gasteiger partial charge in [0.1, 0.15) is 11.5 Å². The molecule has 2 aliphatic rings. The normalized spacial score (nSPS) is 21.4. The maximum Gasteiger partial charge on any atom is 0.126 e. The minimum absolute atomic E-state index is 0.0136. The predicted octanol–water partition coefficient (Wildman–Crippen LogP) is 5.89. The summed E-state index contributed by atoms with van der Waals surface area (Å²) in [6.07, 6.45) is 13.0. The number of hydrogen-bond acceptors (Lipinski definition) is 2. The maximum atomic E-state index is 10.8. The molecule has 3 heteroatoms. The summed E-state index contributed by atoms with van der Waals surface area (Å²) in [5, 5.41) is 23.9. The lowest BCUT2D eigenvalue weighted by Crippen LogP contribution is -2.85. The van der Waals surface area contributed by atoms with Gasteiger partial charge in [-0.05, 0) is 88.8 Å².